The van der Waals surface area contributed by atoms with Crippen LogP contribution in [0.15, 0.2) is 42.7 Å². The van der Waals surface area contributed by atoms with Crippen molar-refractivity contribution in [2.24, 2.45) is 7.05 Å². The lowest BCUT2D eigenvalue weighted by molar-refractivity contribution is 0.341. The molecule has 3 rings (SSSR count). The number of hydrogen-bond donors (Lipinski definition) is 0. The van der Waals surface area contributed by atoms with Gasteiger partial charge in [-0.2, -0.15) is 5.10 Å². The maximum absolute atomic E-state index is 6.34. The van der Waals surface area contributed by atoms with Crippen LogP contribution in [-0.2, 0) is 11.8 Å². The monoisotopic (exact) mass is 332 g/mol. The Hall–Kier alpha value is -1.97. The van der Waals surface area contributed by atoms with Crippen molar-refractivity contribution < 1.29 is 4.74 Å². The van der Waals surface area contributed by atoms with Crippen LogP contribution in [0.2, 0.25) is 10.0 Å². The minimum Gasteiger partial charge on any atom is -0.504 e. The maximum Gasteiger partial charge on any atom is 0.101 e. The molecule has 22 heavy (non-hydrogen) atoms. The summed E-state index contributed by atoms with van der Waals surface area (Å²) < 4.78 is 6.84. The predicted molar refractivity (Wildman–Crippen MR) is 92.2 cm³/mol. The standard InChI is InChI=1S/C17H14Cl2N2O/c1-21-16(8-9-22-2)14-5-3-4-13(17(14)20-21)12-7-6-11(18)10-15(12)19/h3-10H,1-2H3/b9-8+. The summed E-state index contributed by atoms with van der Waals surface area (Å²) in [6.45, 7) is 0. The Morgan fingerprint density at radius 2 is 1.95 bits per heavy atom. The van der Waals surface area contributed by atoms with E-state index in [1.54, 1.807) is 19.4 Å². The summed E-state index contributed by atoms with van der Waals surface area (Å²) in [4.78, 5) is 0. The fourth-order valence-corrected chi connectivity index (χ4v) is 3.00. The van der Waals surface area contributed by atoms with E-state index in [1.807, 2.05) is 48.1 Å². The van der Waals surface area contributed by atoms with Gasteiger partial charge in [-0.25, -0.2) is 0 Å². The summed E-state index contributed by atoms with van der Waals surface area (Å²) in [5, 5.41) is 6.89. The smallest absolute Gasteiger partial charge is 0.101 e. The van der Waals surface area contributed by atoms with E-state index in [9.17, 15) is 0 Å². The van der Waals surface area contributed by atoms with E-state index in [1.165, 1.54) is 0 Å². The van der Waals surface area contributed by atoms with Gasteiger partial charge in [-0.15, -0.1) is 0 Å². The summed E-state index contributed by atoms with van der Waals surface area (Å²) in [5.74, 6) is 0. The molecule has 0 radical (unpaired) electrons. The number of ether oxygens (including phenoxy) is 1. The highest BCUT2D eigenvalue weighted by Gasteiger charge is 2.13. The fourth-order valence-electron chi connectivity index (χ4n) is 2.49. The first-order chi connectivity index (χ1) is 10.6. The molecule has 0 atom stereocenters. The van der Waals surface area contributed by atoms with Crippen LogP contribution in [0.1, 0.15) is 5.69 Å². The van der Waals surface area contributed by atoms with Crippen LogP contribution < -0.4 is 0 Å². The number of rotatable bonds is 3. The topological polar surface area (TPSA) is 27.1 Å². The lowest BCUT2D eigenvalue weighted by Gasteiger charge is -2.05. The van der Waals surface area contributed by atoms with Gasteiger partial charge >= 0.3 is 0 Å². The molecule has 112 valence electrons. The third-order valence-electron chi connectivity index (χ3n) is 3.49. The zero-order chi connectivity index (χ0) is 15.7. The third-order valence-corrected chi connectivity index (χ3v) is 4.04. The molecule has 3 nitrogen and oxygen atoms in total. The summed E-state index contributed by atoms with van der Waals surface area (Å²) >= 11 is 12.3. The maximum atomic E-state index is 6.34. The summed E-state index contributed by atoms with van der Waals surface area (Å²) in [7, 11) is 3.52. The molecule has 0 fully saturated rings. The molecular weight excluding hydrogens is 319 g/mol. The number of fused-ring (bicyclic) bond motifs is 1. The molecule has 1 aromatic heterocycles. The van der Waals surface area contributed by atoms with Crippen LogP contribution >= 0.6 is 23.2 Å². The highest BCUT2D eigenvalue weighted by Crippen LogP contribution is 2.35. The largest absolute Gasteiger partial charge is 0.504 e. The Morgan fingerprint density at radius 3 is 2.68 bits per heavy atom. The molecule has 0 spiro atoms. The van der Waals surface area contributed by atoms with Crippen molar-refractivity contribution >= 4 is 40.2 Å². The van der Waals surface area contributed by atoms with E-state index in [-0.39, 0.29) is 0 Å². The van der Waals surface area contributed by atoms with Gasteiger partial charge in [-0.05, 0) is 18.2 Å². The van der Waals surface area contributed by atoms with Gasteiger partial charge in [0.25, 0.3) is 0 Å². The molecule has 0 amide bonds. The van der Waals surface area contributed by atoms with Crippen LogP contribution in [0, 0.1) is 0 Å². The Bertz CT molecular complexity index is 868. The van der Waals surface area contributed by atoms with Crippen molar-refractivity contribution in [2.45, 2.75) is 0 Å². The number of aromatic nitrogens is 2. The highest BCUT2D eigenvalue weighted by molar-refractivity contribution is 6.36. The number of nitrogens with zero attached hydrogens (tertiary/aromatic N) is 2. The van der Waals surface area contributed by atoms with E-state index in [0.717, 1.165) is 27.7 Å². The lowest BCUT2D eigenvalue weighted by Crippen LogP contribution is -1.92. The molecule has 0 aliphatic carbocycles. The van der Waals surface area contributed by atoms with Gasteiger partial charge in [0.05, 0.1) is 19.1 Å². The number of aryl methyl sites for hydroxylation is 1. The normalized spacial score (nSPS) is 11.5. The summed E-state index contributed by atoms with van der Waals surface area (Å²) in [6.07, 6.45) is 3.53. The van der Waals surface area contributed by atoms with E-state index < -0.39 is 0 Å². The SMILES string of the molecule is CO/C=C/c1c2cccc(-c3ccc(Cl)cc3Cl)c2nn1C. The third kappa shape index (κ3) is 2.58. The van der Waals surface area contributed by atoms with Gasteiger partial charge in [-0.3, -0.25) is 4.68 Å². The van der Waals surface area contributed by atoms with Crippen molar-refractivity contribution in [2.75, 3.05) is 7.11 Å². The Balaban J connectivity index is 2.25. The second kappa shape index (κ2) is 6.03. The van der Waals surface area contributed by atoms with Crippen molar-refractivity contribution in [3.8, 4) is 11.1 Å². The first-order valence-corrected chi connectivity index (χ1v) is 7.48. The average Bonchev–Trinajstić information content (AvgIpc) is 2.81. The van der Waals surface area contributed by atoms with Gasteiger partial charge in [0.2, 0.25) is 0 Å². The Kier molecular flexibility index (Phi) is 4.10. The molecule has 3 aromatic rings. The van der Waals surface area contributed by atoms with Crippen molar-refractivity contribution in [3.05, 3.63) is 58.4 Å². The average molecular weight is 333 g/mol. The van der Waals surface area contributed by atoms with Crippen molar-refractivity contribution in [1.29, 1.82) is 0 Å². The highest BCUT2D eigenvalue weighted by atomic mass is 35.5. The number of methoxy groups -OCH3 is 1. The van der Waals surface area contributed by atoms with Crippen LogP contribution in [0.5, 0.6) is 0 Å². The van der Waals surface area contributed by atoms with E-state index in [0.29, 0.717) is 10.0 Å². The first-order valence-electron chi connectivity index (χ1n) is 6.72. The molecule has 0 saturated heterocycles. The Morgan fingerprint density at radius 1 is 1.14 bits per heavy atom. The number of hydrogen-bond acceptors (Lipinski definition) is 2. The van der Waals surface area contributed by atoms with Crippen molar-refractivity contribution in [1.82, 2.24) is 9.78 Å². The molecule has 0 aliphatic rings. The second-order valence-electron chi connectivity index (χ2n) is 4.87. The van der Waals surface area contributed by atoms with Crippen LogP contribution in [0.25, 0.3) is 28.1 Å². The lowest BCUT2D eigenvalue weighted by atomic mass is 10.0. The zero-order valence-corrected chi connectivity index (χ0v) is 13.7. The van der Waals surface area contributed by atoms with Crippen LogP contribution in [0.4, 0.5) is 0 Å². The Labute approximate surface area is 138 Å². The van der Waals surface area contributed by atoms with Gasteiger partial charge in [-0.1, -0.05) is 47.5 Å². The summed E-state index contributed by atoms with van der Waals surface area (Å²) in [5.41, 5.74) is 3.76. The molecule has 1 heterocycles. The number of benzene rings is 2. The molecule has 5 heteroatoms. The fraction of sp³-hybridized carbons (Fsp3) is 0.118. The first kappa shape index (κ1) is 14.9. The van der Waals surface area contributed by atoms with Crippen LogP contribution in [-0.4, -0.2) is 16.9 Å². The molecule has 0 N–H and O–H groups in total. The van der Waals surface area contributed by atoms with Gasteiger partial charge in [0.1, 0.15) is 5.52 Å². The van der Waals surface area contributed by atoms with E-state index in [4.69, 9.17) is 27.9 Å². The van der Waals surface area contributed by atoms with Gasteiger partial charge in [0, 0.05) is 33.6 Å². The van der Waals surface area contributed by atoms with E-state index >= 15 is 0 Å². The molecule has 0 unspecified atom stereocenters. The molecule has 2 aromatic carbocycles. The van der Waals surface area contributed by atoms with E-state index in [2.05, 4.69) is 5.10 Å². The van der Waals surface area contributed by atoms with Crippen LogP contribution in [0.3, 0.4) is 0 Å². The van der Waals surface area contributed by atoms with Crippen molar-refractivity contribution in [3.63, 3.8) is 0 Å². The number of halogens is 2. The molecule has 0 bridgehead atoms. The minimum absolute atomic E-state index is 0.611. The molecule has 0 aliphatic heterocycles. The molecule has 0 saturated carbocycles. The van der Waals surface area contributed by atoms with Gasteiger partial charge in [0.15, 0.2) is 0 Å². The minimum atomic E-state index is 0.611. The predicted octanol–water partition coefficient (Wildman–Crippen LogP) is 5.16. The quantitative estimate of drug-likeness (QED) is 0.619. The second-order valence-corrected chi connectivity index (χ2v) is 5.72. The molecular formula is C17H14Cl2N2O. The summed E-state index contributed by atoms with van der Waals surface area (Å²) in [6, 6.07) is 11.5. The zero-order valence-electron chi connectivity index (χ0n) is 12.2. The van der Waals surface area contributed by atoms with Gasteiger partial charge < -0.3 is 4.74 Å².